The van der Waals surface area contributed by atoms with Gasteiger partial charge in [-0.3, -0.25) is 4.79 Å². The monoisotopic (exact) mass is 532 g/mol. The average molecular weight is 533 g/mol. The number of ether oxygens (including phenoxy) is 1. The molecule has 2 aliphatic heterocycles. The molecule has 0 bridgehead atoms. The molecule has 202 valence electrons. The summed E-state index contributed by atoms with van der Waals surface area (Å²) in [5, 5.41) is 9.80. The number of nitrogens with one attached hydrogen (secondary N) is 3. The van der Waals surface area contributed by atoms with Gasteiger partial charge in [0.15, 0.2) is 0 Å². The van der Waals surface area contributed by atoms with Gasteiger partial charge in [-0.1, -0.05) is 36.4 Å². The van der Waals surface area contributed by atoms with E-state index in [1.54, 1.807) is 6.07 Å². The second-order valence-corrected chi connectivity index (χ2v) is 10.2. The molecule has 0 atom stereocenters. The molecule has 4 aromatic rings. The van der Waals surface area contributed by atoms with Crippen LogP contribution in [0.4, 0.5) is 21.9 Å². The van der Waals surface area contributed by atoms with Crippen LogP contribution in [0.5, 0.6) is 11.5 Å². The van der Waals surface area contributed by atoms with Crippen molar-refractivity contribution < 1.29 is 14.3 Å². The first-order valence-electron chi connectivity index (χ1n) is 13.7. The number of amides is 3. The number of aryl methyl sites for hydroxylation is 2. The van der Waals surface area contributed by atoms with Crippen LogP contribution in [0.1, 0.15) is 52.0 Å². The van der Waals surface area contributed by atoms with Crippen LogP contribution in [0.2, 0.25) is 0 Å². The number of hydrogen-bond acceptors (Lipinski definition) is 5. The van der Waals surface area contributed by atoms with Crippen LogP contribution in [-0.4, -0.2) is 29.9 Å². The summed E-state index contributed by atoms with van der Waals surface area (Å²) in [6, 6.07) is 24.2. The number of nitrogens with zero attached hydrogens (tertiary/aromatic N) is 1. The number of carbonyl (C=O) groups excluding carboxylic acids is 2. The van der Waals surface area contributed by atoms with Crippen LogP contribution < -0.4 is 20.7 Å². The van der Waals surface area contributed by atoms with E-state index < -0.39 is 11.6 Å². The first-order chi connectivity index (χ1) is 19.4. The first-order valence-corrected chi connectivity index (χ1v) is 13.7. The number of anilines is 3. The smallest absolute Gasteiger partial charge is 0.330 e. The fourth-order valence-electron chi connectivity index (χ4n) is 5.99. The molecule has 7 nitrogen and oxygen atoms in total. The summed E-state index contributed by atoms with van der Waals surface area (Å²) in [7, 11) is 0. The Balaban J connectivity index is 1.68. The van der Waals surface area contributed by atoms with Crippen molar-refractivity contribution >= 4 is 29.0 Å². The van der Waals surface area contributed by atoms with Gasteiger partial charge >= 0.3 is 6.03 Å². The van der Waals surface area contributed by atoms with Crippen LogP contribution in [0, 0.1) is 13.8 Å². The van der Waals surface area contributed by atoms with E-state index in [0.717, 1.165) is 52.3 Å². The van der Waals surface area contributed by atoms with Gasteiger partial charge in [-0.05, 0) is 69.2 Å². The zero-order valence-electron chi connectivity index (χ0n) is 23.1. The van der Waals surface area contributed by atoms with Crippen molar-refractivity contribution in [3.63, 3.8) is 0 Å². The van der Waals surface area contributed by atoms with Gasteiger partial charge in [0.2, 0.25) is 0 Å². The Kier molecular flexibility index (Phi) is 6.22. The highest BCUT2D eigenvalue weighted by atomic mass is 16.5. The molecule has 2 heterocycles. The SMILES string of the molecule is CCNc1cc2c(cc1C)C1(c3cc(C)c(NCC)cc3O2)c2ccccc2C(=O)N1C(=O)Nc1ccccc1. The highest BCUT2D eigenvalue weighted by molar-refractivity contribution is 6.14. The van der Waals surface area contributed by atoms with Crippen molar-refractivity contribution in [2.45, 2.75) is 33.2 Å². The molecule has 3 amide bonds. The lowest BCUT2D eigenvalue weighted by atomic mass is 9.74. The van der Waals surface area contributed by atoms with Gasteiger partial charge in [-0.2, -0.15) is 0 Å². The molecule has 0 unspecified atom stereocenters. The van der Waals surface area contributed by atoms with E-state index >= 15 is 0 Å². The number of hydrogen-bond donors (Lipinski definition) is 3. The number of urea groups is 1. The minimum atomic E-state index is -1.24. The molecule has 2 aliphatic rings. The standard InChI is InChI=1S/C33H32N4O3/c1-5-34-27-18-29-25(16-20(27)3)33(26-17-21(4)28(35-6-2)19-30(26)40-29)24-15-11-10-14-23(24)31(38)37(33)32(39)36-22-12-8-7-9-13-22/h7-19,34-35H,5-6H2,1-4H3,(H,36,39). The molecule has 0 aliphatic carbocycles. The summed E-state index contributed by atoms with van der Waals surface area (Å²) in [5.41, 5.74) is 5.98. The van der Waals surface area contributed by atoms with E-state index in [-0.39, 0.29) is 5.91 Å². The molecule has 6 rings (SSSR count). The topological polar surface area (TPSA) is 82.7 Å². The van der Waals surface area contributed by atoms with Crippen LogP contribution in [0.3, 0.4) is 0 Å². The first kappa shape index (κ1) is 25.5. The molecule has 3 N–H and O–H groups in total. The number of imide groups is 1. The third-order valence-corrected chi connectivity index (χ3v) is 7.70. The van der Waals surface area contributed by atoms with Gasteiger partial charge < -0.3 is 20.7 Å². The molecule has 7 heteroatoms. The highest BCUT2D eigenvalue weighted by Crippen LogP contribution is 2.59. The Labute approximate surface area is 234 Å². The van der Waals surface area contributed by atoms with Crippen molar-refractivity contribution in [2.75, 3.05) is 29.0 Å². The summed E-state index contributed by atoms with van der Waals surface area (Å²) < 4.78 is 6.60. The van der Waals surface area contributed by atoms with Crippen molar-refractivity contribution in [3.8, 4) is 11.5 Å². The number of carbonyl (C=O) groups is 2. The minimum absolute atomic E-state index is 0.357. The van der Waals surface area contributed by atoms with E-state index in [0.29, 0.717) is 22.7 Å². The van der Waals surface area contributed by atoms with E-state index in [9.17, 15) is 9.59 Å². The van der Waals surface area contributed by atoms with E-state index in [2.05, 4.69) is 16.0 Å². The predicted octanol–water partition coefficient (Wildman–Crippen LogP) is 7.25. The molecule has 4 aromatic carbocycles. The maximum atomic E-state index is 14.2. The van der Waals surface area contributed by atoms with E-state index in [1.807, 2.05) is 100 Å². The minimum Gasteiger partial charge on any atom is -0.456 e. The van der Waals surface area contributed by atoms with Gasteiger partial charge in [-0.15, -0.1) is 0 Å². The summed E-state index contributed by atoms with van der Waals surface area (Å²) in [4.78, 5) is 29.8. The quantitative estimate of drug-likeness (QED) is 0.252. The summed E-state index contributed by atoms with van der Waals surface area (Å²) >= 11 is 0. The molecule has 0 aromatic heterocycles. The zero-order valence-corrected chi connectivity index (χ0v) is 23.1. The fraction of sp³-hybridized carbons (Fsp3) is 0.212. The van der Waals surface area contributed by atoms with Crippen molar-refractivity contribution in [3.05, 3.63) is 112 Å². The molecule has 0 fully saturated rings. The molecule has 0 saturated heterocycles. The lowest BCUT2D eigenvalue weighted by molar-refractivity contribution is 0.0753. The normalized spacial score (nSPS) is 14.2. The molecule has 0 saturated carbocycles. The van der Waals surface area contributed by atoms with Gasteiger partial charge in [0.1, 0.15) is 17.0 Å². The maximum absolute atomic E-state index is 14.2. The van der Waals surface area contributed by atoms with Gasteiger partial charge in [0, 0.05) is 64.5 Å². The Bertz CT molecular complexity index is 1590. The Morgan fingerprint density at radius 1 is 0.775 bits per heavy atom. The molecular weight excluding hydrogens is 500 g/mol. The number of rotatable bonds is 5. The highest BCUT2D eigenvalue weighted by Gasteiger charge is 2.59. The van der Waals surface area contributed by atoms with Gasteiger partial charge in [0.25, 0.3) is 5.91 Å². The third-order valence-electron chi connectivity index (χ3n) is 7.70. The molecule has 40 heavy (non-hydrogen) atoms. The summed E-state index contributed by atoms with van der Waals surface area (Å²) in [5.74, 6) is 0.842. The van der Waals surface area contributed by atoms with E-state index in [1.165, 1.54) is 4.90 Å². The predicted molar refractivity (Wildman–Crippen MR) is 159 cm³/mol. The molecular formula is C33H32N4O3. The summed E-state index contributed by atoms with van der Waals surface area (Å²) in [6.07, 6.45) is 0. The maximum Gasteiger partial charge on any atom is 0.330 e. The van der Waals surface area contributed by atoms with Crippen LogP contribution in [0.15, 0.2) is 78.9 Å². The molecule has 0 radical (unpaired) electrons. The van der Waals surface area contributed by atoms with Crippen LogP contribution in [-0.2, 0) is 5.54 Å². The van der Waals surface area contributed by atoms with Gasteiger partial charge in [0.05, 0.1) is 0 Å². The number of benzene rings is 4. The Morgan fingerprint density at radius 3 is 1.90 bits per heavy atom. The number of fused-ring (bicyclic) bond motifs is 6. The second-order valence-electron chi connectivity index (χ2n) is 10.2. The van der Waals surface area contributed by atoms with E-state index in [4.69, 9.17) is 4.74 Å². The Hall–Kier alpha value is -4.78. The summed E-state index contributed by atoms with van der Waals surface area (Å²) in [6.45, 7) is 9.64. The van der Waals surface area contributed by atoms with Crippen LogP contribution in [0.25, 0.3) is 0 Å². The Morgan fingerprint density at radius 2 is 1.32 bits per heavy atom. The fourth-order valence-corrected chi connectivity index (χ4v) is 5.99. The second kappa shape index (κ2) is 9.75. The van der Waals surface area contributed by atoms with Crippen LogP contribution >= 0.6 is 0 Å². The zero-order chi connectivity index (χ0) is 28.0. The van der Waals surface area contributed by atoms with Crippen molar-refractivity contribution in [1.82, 2.24) is 4.90 Å². The lowest BCUT2D eigenvalue weighted by Crippen LogP contribution is -2.52. The lowest BCUT2D eigenvalue weighted by Gasteiger charge is -2.43. The average Bonchev–Trinajstić information content (AvgIpc) is 3.21. The third kappa shape index (κ3) is 3.72. The van der Waals surface area contributed by atoms with Crippen molar-refractivity contribution in [2.24, 2.45) is 0 Å². The molecule has 1 spiro atoms. The largest absolute Gasteiger partial charge is 0.456 e. The van der Waals surface area contributed by atoms with Crippen molar-refractivity contribution in [1.29, 1.82) is 0 Å². The van der Waals surface area contributed by atoms with Gasteiger partial charge in [-0.25, -0.2) is 9.69 Å². The number of para-hydroxylation sites is 1.